The second-order valence-electron chi connectivity index (χ2n) is 6.94. The number of ether oxygens (including phenoxy) is 3. The molecule has 0 atom stereocenters. The Labute approximate surface area is 195 Å². The highest BCUT2D eigenvalue weighted by Gasteiger charge is 2.16. The molecule has 0 spiro atoms. The number of aromatic nitrogens is 1. The van der Waals surface area contributed by atoms with Gasteiger partial charge in [-0.3, -0.25) is 14.2 Å². The molecule has 0 fully saturated rings. The van der Waals surface area contributed by atoms with E-state index in [1.54, 1.807) is 12.1 Å². The fraction of sp³-hybridized carbons (Fsp3) is 0.261. The van der Waals surface area contributed by atoms with E-state index in [-0.39, 0.29) is 24.4 Å². The molecule has 0 saturated carbocycles. The van der Waals surface area contributed by atoms with Gasteiger partial charge in [0.05, 0.1) is 21.3 Å². The van der Waals surface area contributed by atoms with Crippen LogP contribution >= 0.6 is 23.6 Å². The van der Waals surface area contributed by atoms with Crippen molar-refractivity contribution in [3.8, 4) is 27.7 Å². The van der Waals surface area contributed by atoms with Crippen molar-refractivity contribution in [1.82, 2.24) is 4.57 Å². The van der Waals surface area contributed by atoms with Crippen molar-refractivity contribution in [2.45, 2.75) is 19.9 Å². The lowest BCUT2D eigenvalue weighted by Gasteiger charge is -2.14. The molecule has 9 heteroatoms. The van der Waals surface area contributed by atoms with Crippen LogP contribution in [0.4, 0.5) is 5.69 Å². The smallest absolute Gasteiger partial charge is 0.253 e. The van der Waals surface area contributed by atoms with Gasteiger partial charge in [-0.2, -0.15) is 0 Å². The topological polar surface area (TPSA) is 78.8 Å². The molecule has 0 aliphatic rings. The number of nitrogens with one attached hydrogen (secondary N) is 1. The van der Waals surface area contributed by atoms with Crippen molar-refractivity contribution in [2.24, 2.45) is 0 Å². The first kappa shape index (κ1) is 23.5. The fourth-order valence-electron chi connectivity index (χ4n) is 3.10. The largest absolute Gasteiger partial charge is 0.493 e. The summed E-state index contributed by atoms with van der Waals surface area (Å²) in [6.45, 7) is 2.17. The average Bonchev–Trinajstić information content (AvgIpc) is 2.78. The number of aryl methyl sites for hydroxylation is 1. The number of rotatable bonds is 8. The number of nitrogens with zero attached hydrogens (tertiary/aromatic N) is 1. The molecule has 0 aliphatic heterocycles. The Hall–Kier alpha value is -3.17. The number of hydrogen-bond acceptors (Lipinski definition) is 7. The summed E-state index contributed by atoms with van der Waals surface area (Å²) in [4.78, 5) is 25.7. The molecular weight excluding hydrogens is 448 g/mol. The SMILES string of the molecule is COc1cc(-c2cc(=O)n(CCC(=O)Nc3ccc(C)cc3)c(=S)s2)cc(OC)c1OC. The maximum Gasteiger partial charge on any atom is 0.253 e. The summed E-state index contributed by atoms with van der Waals surface area (Å²) in [6, 6.07) is 12.6. The molecule has 1 N–H and O–H groups in total. The van der Waals surface area contributed by atoms with Gasteiger partial charge in [-0.05, 0) is 49.0 Å². The van der Waals surface area contributed by atoms with Crippen LogP contribution in [0.1, 0.15) is 12.0 Å². The zero-order valence-electron chi connectivity index (χ0n) is 18.3. The van der Waals surface area contributed by atoms with Gasteiger partial charge in [0.15, 0.2) is 15.5 Å². The highest BCUT2D eigenvalue weighted by atomic mass is 32.1. The molecule has 1 aromatic heterocycles. The van der Waals surface area contributed by atoms with E-state index in [2.05, 4.69) is 5.32 Å². The van der Waals surface area contributed by atoms with Gasteiger partial charge in [0, 0.05) is 29.6 Å². The van der Waals surface area contributed by atoms with Gasteiger partial charge >= 0.3 is 0 Å². The molecule has 0 bridgehead atoms. The summed E-state index contributed by atoms with van der Waals surface area (Å²) in [6.07, 6.45) is 0.133. The minimum Gasteiger partial charge on any atom is -0.493 e. The highest BCUT2D eigenvalue weighted by Crippen LogP contribution is 2.41. The summed E-state index contributed by atoms with van der Waals surface area (Å²) in [7, 11) is 4.59. The van der Waals surface area contributed by atoms with Crippen LogP contribution in [0.15, 0.2) is 47.3 Å². The molecule has 32 heavy (non-hydrogen) atoms. The predicted octanol–water partition coefficient (Wildman–Crippen LogP) is 4.67. The van der Waals surface area contributed by atoms with E-state index in [0.717, 1.165) is 11.1 Å². The van der Waals surface area contributed by atoms with E-state index in [1.165, 1.54) is 43.3 Å². The van der Waals surface area contributed by atoms with Crippen molar-refractivity contribution in [1.29, 1.82) is 0 Å². The zero-order valence-corrected chi connectivity index (χ0v) is 19.9. The van der Waals surface area contributed by atoms with Crippen molar-refractivity contribution < 1.29 is 19.0 Å². The third-order valence-corrected chi connectivity index (χ3v) is 6.22. The molecule has 0 radical (unpaired) electrons. The number of carbonyl (C=O) groups excluding carboxylic acids is 1. The zero-order chi connectivity index (χ0) is 23.3. The van der Waals surface area contributed by atoms with E-state index in [0.29, 0.717) is 31.8 Å². The quantitative estimate of drug-likeness (QED) is 0.480. The van der Waals surface area contributed by atoms with Gasteiger partial charge in [0.25, 0.3) is 5.56 Å². The van der Waals surface area contributed by atoms with Crippen molar-refractivity contribution in [3.05, 3.63) is 62.3 Å². The number of hydrogen-bond donors (Lipinski definition) is 1. The van der Waals surface area contributed by atoms with Gasteiger partial charge in [0.1, 0.15) is 0 Å². The third-order valence-electron chi connectivity index (χ3n) is 4.79. The lowest BCUT2D eigenvalue weighted by atomic mass is 10.1. The second kappa shape index (κ2) is 10.4. The molecule has 3 rings (SSSR count). The second-order valence-corrected chi connectivity index (χ2v) is 8.62. The fourth-order valence-corrected chi connectivity index (χ4v) is 4.43. The third kappa shape index (κ3) is 5.35. The van der Waals surface area contributed by atoms with Gasteiger partial charge in [-0.15, -0.1) is 11.3 Å². The first-order valence-corrected chi connectivity index (χ1v) is 11.0. The summed E-state index contributed by atoms with van der Waals surface area (Å²) in [5.41, 5.74) is 2.27. The highest BCUT2D eigenvalue weighted by molar-refractivity contribution is 7.73. The number of methoxy groups -OCH3 is 3. The van der Waals surface area contributed by atoms with Crippen molar-refractivity contribution in [3.63, 3.8) is 0 Å². The van der Waals surface area contributed by atoms with E-state index in [4.69, 9.17) is 26.4 Å². The van der Waals surface area contributed by atoms with Crippen molar-refractivity contribution in [2.75, 3.05) is 26.6 Å². The maximum absolute atomic E-state index is 12.8. The first-order valence-electron chi connectivity index (χ1n) is 9.78. The minimum absolute atomic E-state index is 0.133. The Balaban J connectivity index is 1.81. The Kier molecular flexibility index (Phi) is 7.66. The summed E-state index contributed by atoms with van der Waals surface area (Å²) < 4.78 is 17.9. The summed E-state index contributed by atoms with van der Waals surface area (Å²) >= 11 is 6.73. The van der Waals surface area contributed by atoms with Crippen LogP contribution in [0.25, 0.3) is 10.4 Å². The number of anilines is 1. The molecule has 1 heterocycles. The first-order chi connectivity index (χ1) is 15.4. The monoisotopic (exact) mass is 472 g/mol. The summed E-state index contributed by atoms with van der Waals surface area (Å²) in [5, 5.41) is 2.83. The standard InChI is InChI=1S/C23H24N2O5S2/c1-14-5-7-16(8-6-14)24-20(26)9-10-25-21(27)13-19(32-23(25)31)15-11-17(28-2)22(30-4)18(12-15)29-3/h5-8,11-13H,9-10H2,1-4H3,(H,24,26). The Morgan fingerprint density at radius 2 is 1.66 bits per heavy atom. The molecule has 0 saturated heterocycles. The normalized spacial score (nSPS) is 10.5. The van der Waals surface area contributed by atoms with Crippen LogP contribution in [0.2, 0.25) is 0 Å². The van der Waals surface area contributed by atoms with Crippen LogP contribution in [0, 0.1) is 10.9 Å². The Morgan fingerprint density at radius 3 is 2.19 bits per heavy atom. The lowest BCUT2D eigenvalue weighted by molar-refractivity contribution is -0.116. The van der Waals surface area contributed by atoms with Gasteiger partial charge in [0.2, 0.25) is 11.7 Å². The van der Waals surface area contributed by atoms with Crippen LogP contribution in [0.3, 0.4) is 0 Å². The molecule has 2 aromatic carbocycles. The van der Waals surface area contributed by atoms with E-state index < -0.39 is 0 Å². The van der Waals surface area contributed by atoms with Gasteiger partial charge in [-0.1, -0.05) is 17.7 Å². The number of carbonyl (C=O) groups is 1. The van der Waals surface area contributed by atoms with E-state index in [9.17, 15) is 9.59 Å². The molecule has 168 valence electrons. The lowest BCUT2D eigenvalue weighted by Crippen LogP contribution is -2.22. The molecule has 1 amide bonds. The van der Waals surface area contributed by atoms with Crippen LogP contribution in [-0.4, -0.2) is 31.8 Å². The average molecular weight is 473 g/mol. The minimum atomic E-state index is -0.277. The molecule has 3 aromatic rings. The number of benzene rings is 2. The van der Waals surface area contributed by atoms with Crippen LogP contribution in [-0.2, 0) is 11.3 Å². The van der Waals surface area contributed by atoms with E-state index >= 15 is 0 Å². The summed E-state index contributed by atoms with van der Waals surface area (Å²) in [5.74, 6) is 1.25. The molecule has 0 aliphatic carbocycles. The van der Waals surface area contributed by atoms with Crippen LogP contribution in [0.5, 0.6) is 17.2 Å². The molecular formula is C23H24N2O5S2. The van der Waals surface area contributed by atoms with Gasteiger partial charge < -0.3 is 19.5 Å². The van der Waals surface area contributed by atoms with Gasteiger partial charge in [-0.25, -0.2) is 0 Å². The molecule has 7 nitrogen and oxygen atoms in total. The molecule has 0 unspecified atom stereocenters. The predicted molar refractivity (Wildman–Crippen MR) is 129 cm³/mol. The Bertz CT molecular complexity index is 1180. The van der Waals surface area contributed by atoms with Crippen molar-refractivity contribution >= 4 is 35.1 Å². The Morgan fingerprint density at radius 1 is 1.03 bits per heavy atom. The number of amides is 1. The maximum atomic E-state index is 12.8. The van der Waals surface area contributed by atoms with Crippen LogP contribution < -0.4 is 25.1 Å². The van der Waals surface area contributed by atoms with E-state index in [1.807, 2.05) is 31.2 Å².